The van der Waals surface area contributed by atoms with Gasteiger partial charge in [-0.15, -0.1) is 0 Å². The molecule has 2 aromatic carbocycles. The quantitative estimate of drug-likeness (QED) is 0.513. The van der Waals surface area contributed by atoms with Crippen molar-refractivity contribution >= 4 is 5.91 Å². The van der Waals surface area contributed by atoms with E-state index < -0.39 is 0 Å². The molecular weight excluding hydrogens is 379 g/mol. The number of carbonyl (C=O) groups excluding carboxylic acids is 1. The summed E-state index contributed by atoms with van der Waals surface area (Å²) in [7, 11) is 0. The molecule has 0 N–H and O–H groups in total. The molecule has 30 heavy (non-hydrogen) atoms. The summed E-state index contributed by atoms with van der Waals surface area (Å²) in [5.41, 5.74) is 3.59. The van der Waals surface area contributed by atoms with Crippen molar-refractivity contribution in [2.45, 2.75) is 19.5 Å². The Kier molecular flexibility index (Phi) is 4.47. The second-order valence-corrected chi connectivity index (χ2v) is 7.45. The van der Waals surface area contributed by atoms with E-state index in [1.807, 2.05) is 41.3 Å². The Morgan fingerprint density at radius 1 is 1.00 bits per heavy atom. The van der Waals surface area contributed by atoms with Gasteiger partial charge in [0.2, 0.25) is 0 Å². The molecule has 5 nitrogen and oxygen atoms in total. The zero-order valence-electron chi connectivity index (χ0n) is 16.6. The van der Waals surface area contributed by atoms with Gasteiger partial charge in [0.15, 0.2) is 0 Å². The lowest BCUT2D eigenvalue weighted by molar-refractivity contribution is 0.0663. The van der Waals surface area contributed by atoms with Crippen molar-refractivity contribution in [3.05, 3.63) is 107 Å². The maximum absolute atomic E-state index is 14.3. The highest BCUT2D eigenvalue weighted by molar-refractivity contribution is 5.95. The minimum Gasteiger partial charge on any atom is -0.348 e. The lowest BCUT2D eigenvalue weighted by Crippen LogP contribution is -2.42. The lowest BCUT2D eigenvalue weighted by atomic mass is 9.99. The van der Waals surface area contributed by atoms with Crippen LogP contribution in [0.15, 0.2) is 79.1 Å². The Morgan fingerprint density at radius 3 is 2.57 bits per heavy atom. The van der Waals surface area contributed by atoms with Crippen molar-refractivity contribution in [2.75, 3.05) is 6.54 Å². The van der Waals surface area contributed by atoms with Crippen LogP contribution in [0, 0.1) is 12.7 Å². The first kappa shape index (κ1) is 18.4. The molecule has 0 bridgehead atoms. The van der Waals surface area contributed by atoms with Crippen LogP contribution in [0.1, 0.15) is 33.4 Å². The SMILES string of the molecule is Cc1c(C(=O)N2CCn3cccc3C2c2ccccc2)cnn1-c1ccccc1F. The van der Waals surface area contributed by atoms with Gasteiger partial charge < -0.3 is 9.47 Å². The summed E-state index contributed by atoms with van der Waals surface area (Å²) >= 11 is 0. The Hall–Kier alpha value is -3.67. The van der Waals surface area contributed by atoms with E-state index in [0.717, 1.165) is 17.8 Å². The van der Waals surface area contributed by atoms with Gasteiger partial charge in [0.1, 0.15) is 11.5 Å². The molecule has 4 aromatic rings. The molecule has 1 aliphatic heterocycles. The summed E-state index contributed by atoms with van der Waals surface area (Å²) in [6.45, 7) is 3.12. The molecule has 6 heteroatoms. The Labute approximate surface area is 174 Å². The van der Waals surface area contributed by atoms with Gasteiger partial charge in [-0.3, -0.25) is 4.79 Å². The molecule has 2 aromatic heterocycles. The first-order chi connectivity index (χ1) is 14.6. The number of nitrogens with zero attached hydrogens (tertiary/aromatic N) is 4. The van der Waals surface area contributed by atoms with Gasteiger partial charge in [-0.2, -0.15) is 5.10 Å². The van der Waals surface area contributed by atoms with E-state index in [9.17, 15) is 9.18 Å². The van der Waals surface area contributed by atoms with Crippen LogP contribution in [0.3, 0.4) is 0 Å². The highest BCUT2D eigenvalue weighted by Gasteiger charge is 2.34. The van der Waals surface area contributed by atoms with Crippen LogP contribution < -0.4 is 0 Å². The zero-order valence-corrected chi connectivity index (χ0v) is 16.6. The minimum absolute atomic E-state index is 0.101. The second-order valence-electron chi connectivity index (χ2n) is 7.45. The first-order valence-electron chi connectivity index (χ1n) is 9.95. The van der Waals surface area contributed by atoms with Gasteiger partial charge in [0, 0.05) is 25.0 Å². The molecule has 1 unspecified atom stereocenters. The second kappa shape index (κ2) is 7.30. The van der Waals surface area contributed by atoms with Crippen molar-refractivity contribution in [1.82, 2.24) is 19.2 Å². The first-order valence-corrected chi connectivity index (χ1v) is 9.95. The van der Waals surface area contributed by atoms with E-state index in [1.54, 1.807) is 31.3 Å². The normalized spacial score (nSPS) is 15.8. The predicted octanol–water partition coefficient (Wildman–Crippen LogP) is 4.37. The summed E-state index contributed by atoms with van der Waals surface area (Å²) in [5.74, 6) is -0.475. The van der Waals surface area contributed by atoms with Crippen molar-refractivity contribution in [1.29, 1.82) is 0 Å². The average Bonchev–Trinajstić information content (AvgIpc) is 3.40. The van der Waals surface area contributed by atoms with Crippen molar-refractivity contribution in [3.63, 3.8) is 0 Å². The molecule has 1 aliphatic rings. The highest BCUT2D eigenvalue weighted by atomic mass is 19.1. The topological polar surface area (TPSA) is 43.1 Å². The Balaban J connectivity index is 1.56. The van der Waals surface area contributed by atoms with Gasteiger partial charge in [-0.25, -0.2) is 9.07 Å². The predicted molar refractivity (Wildman–Crippen MR) is 112 cm³/mol. The number of fused-ring (bicyclic) bond motifs is 1. The number of hydrogen-bond acceptors (Lipinski definition) is 2. The molecular formula is C24H21FN4O. The molecule has 0 fully saturated rings. The number of amides is 1. The van der Waals surface area contributed by atoms with Crippen molar-refractivity contribution in [2.24, 2.45) is 0 Å². The Bertz CT molecular complexity index is 1210. The molecule has 0 spiro atoms. The van der Waals surface area contributed by atoms with Crippen LogP contribution in [0.5, 0.6) is 0 Å². The van der Waals surface area contributed by atoms with E-state index in [-0.39, 0.29) is 17.8 Å². The average molecular weight is 400 g/mol. The lowest BCUT2D eigenvalue weighted by Gasteiger charge is -2.37. The standard InChI is InChI=1S/C24H21FN4O/c1-17-19(16-26-29(17)21-11-6-5-10-20(21)25)24(30)28-15-14-27-13-7-12-22(27)23(28)18-8-3-2-4-9-18/h2-13,16,23H,14-15H2,1H3. The maximum Gasteiger partial charge on any atom is 0.258 e. The maximum atomic E-state index is 14.3. The van der Waals surface area contributed by atoms with Crippen LogP contribution in [-0.2, 0) is 6.54 Å². The van der Waals surface area contributed by atoms with E-state index in [0.29, 0.717) is 23.5 Å². The summed E-state index contributed by atoms with van der Waals surface area (Å²) in [4.78, 5) is 15.5. The summed E-state index contributed by atoms with van der Waals surface area (Å²) in [6, 6.07) is 20.4. The van der Waals surface area contributed by atoms with Gasteiger partial charge >= 0.3 is 0 Å². The third-order valence-corrected chi connectivity index (χ3v) is 5.74. The molecule has 5 rings (SSSR count). The number of hydrogen-bond donors (Lipinski definition) is 0. The molecule has 0 saturated carbocycles. The summed E-state index contributed by atoms with van der Waals surface area (Å²) in [6.07, 6.45) is 3.59. The van der Waals surface area contributed by atoms with Gasteiger partial charge in [0.25, 0.3) is 5.91 Å². The van der Waals surface area contributed by atoms with Gasteiger partial charge in [0.05, 0.1) is 23.5 Å². The van der Waals surface area contributed by atoms with E-state index >= 15 is 0 Å². The zero-order chi connectivity index (χ0) is 20.7. The molecule has 1 amide bonds. The van der Waals surface area contributed by atoms with Crippen LogP contribution in [-0.4, -0.2) is 31.7 Å². The smallest absolute Gasteiger partial charge is 0.258 e. The van der Waals surface area contributed by atoms with Crippen LogP contribution in [0.4, 0.5) is 4.39 Å². The number of benzene rings is 2. The monoisotopic (exact) mass is 400 g/mol. The van der Waals surface area contributed by atoms with Crippen molar-refractivity contribution < 1.29 is 9.18 Å². The van der Waals surface area contributed by atoms with E-state index in [4.69, 9.17) is 0 Å². The van der Waals surface area contributed by atoms with Crippen LogP contribution in [0.25, 0.3) is 5.69 Å². The van der Waals surface area contributed by atoms with Gasteiger partial charge in [-0.1, -0.05) is 42.5 Å². The molecule has 0 aliphatic carbocycles. The molecule has 0 saturated heterocycles. The number of halogens is 1. The molecule has 0 radical (unpaired) electrons. The molecule has 3 heterocycles. The Morgan fingerprint density at radius 2 is 1.77 bits per heavy atom. The fourth-order valence-corrected chi connectivity index (χ4v) is 4.23. The number of para-hydroxylation sites is 1. The fourth-order valence-electron chi connectivity index (χ4n) is 4.23. The number of carbonyl (C=O) groups is 1. The number of rotatable bonds is 3. The molecule has 150 valence electrons. The van der Waals surface area contributed by atoms with Crippen LogP contribution in [0.2, 0.25) is 0 Å². The van der Waals surface area contributed by atoms with E-state index in [1.165, 1.54) is 10.7 Å². The summed E-state index contributed by atoms with van der Waals surface area (Å²) < 4.78 is 18.0. The van der Waals surface area contributed by atoms with Crippen LogP contribution >= 0.6 is 0 Å². The van der Waals surface area contributed by atoms with Gasteiger partial charge in [-0.05, 0) is 36.8 Å². The third-order valence-electron chi connectivity index (χ3n) is 5.74. The molecule has 1 atom stereocenters. The highest BCUT2D eigenvalue weighted by Crippen LogP contribution is 2.34. The van der Waals surface area contributed by atoms with Crippen molar-refractivity contribution in [3.8, 4) is 5.69 Å². The fraction of sp³-hybridized carbons (Fsp3) is 0.167. The third kappa shape index (κ3) is 2.92. The largest absolute Gasteiger partial charge is 0.348 e. The number of aromatic nitrogens is 3. The van der Waals surface area contributed by atoms with E-state index in [2.05, 4.69) is 21.9 Å². The minimum atomic E-state index is -0.374. The summed E-state index contributed by atoms with van der Waals surface area (Å²) in [5, 5.41) is 4.32.